The Bertz CT molecular complexity index is 1190. The summed E-state index contributed by atoms with van der Waals surface area (Å²) in [4.78, 5) is 36.2. The van der Waals surface area contributed by atoms with Gasteiger partial charge in [-0.1, -0.05) is 65.5 Å². The molecule has 8 atom stereocenters. The number of cyclic esters (lactones) is 2. The van der Waals surface area contributed by atoms with Crippen LogP contribution in [0.4, 0.5) is 9.59 Å². The predicted octanol–water partition coefficient (Wildman–Crippen LogP) is 7.86. The highest BCUT2D eigenvalue weighted by Gasteiger charge is 2.66. The minimum Gasteiger partial charge on any atom is -0.463 e. The van der Waals surface area contributed by atoms with Crippen molar-refractivity contribution in [2.45, 2.75) is 118 Å². The van der Waals surface area contributed by atoms with Crippen molar-refractivity contribution in [2.24, 2.45) is 51.2 Å². The highest BCUT2D eigenvalue weighted by atomic mass is 16.7. The molecular formula is C37H58N2O7. The maximum Gasteiger partial charge on any atom is 0.508 e. The van der Waals surface area contributed by atoms with Gasteiger partial charge in [-0.25, -0.2) is 9.59 Å². The summed E-state index contributed by atoms with van der Waals surface area (Å²) >= 11 is 0. The number of fused-ring (bicyclic) bond motifs is 5. The number of hydrogen-bond donors (Lipinski definition) is 2. The summed E-state index contributed by atoms with van der Waals surface area (Å²) in [7, 11) is 0. The quantitative estimate of drug-likeness (QED) is 0.0773. The van der Waals surface area contributed by atoms with Crippen LogP contribution in [0.1, 0.15) is 112 Å². The Morgan fingerprint density at radius 1 is 1.04 bits per heavy atom. The maximum atomic E-state index is 12.7. The van der Waals surface area contributed by atoms with Gasteiger partial charge in [0.05, 0.1) is 6.54 Å². The van der Waals surface area contributed by atoms with Gasteiger partial charge in [0, 0.05) is 18.1 Å². The lowest BCUT2D eigenvalue weighted by atomic mass is 9.42. The summed E-state index contributed by atoms with van der Waals surface area (Å²) < 4.78 is 20.8. The second-order valence-corrected chi connectivity index (χ2v) is 16.4. The monoisotopic (exact) mass is 642 g/mol. The summed E-state index contributed by atoms with van der Waals surface area (Å²) in [5, 5.41) is 11.6. The minimum atomic E-state index is -1.06. The molecular weight excluding hydrogens is 584 g/mol. The van der Waals surface area contributed by atoms with Crippen molar-refractivity contribution in [2.75, 3.05) is 26.4 Å². The van der Waals surface area contributed by atoms with E-state index in [1.54, 1.807) is 6.92 Å². The zero-order chi connectivity index (χ0) is 33.3. The number of allylic oxidation sites excluding steroid dienone is 1. The van der Waals surface area contributed by atoms with E-state index in [0.29, 0.717) is 23.7 Å². The Morgan fingerprint density at radius 2 is 1.78 bits per heavy atom. The number of esters is 1. The van der Waals surface area contributed by atoms with Gasteiger partial charge in [0.25, 0.3) is 0 Å². The van der Waals surface area contributed by atoms with Crippen molar-refractivity contribution in [1.29, 1.82) is 5.41 Å². The summed E-state index contributed by atoms with van der Waals surface area (Å²) in [6.45, 7) is 13.6. The highest BCUT2D eigenvalue weighted by molar-refractivity contribution is 5.78. The van der Waals surface area contributed by atoms with Gasteiger partial charge in [-0.15, -0.1) is 0 Å². The average Bonchev–Trinajstić information content (AvgIpc) is 3.34. The molecule has 1 aliphatic heterocycles. The number of amides is 1. The van der Waals surface area contributed by atoms with Crippen molar-refractivity contribution in [3.8, 4) is 0 Å². The number of carbonyl (C=O) groups is 3. The summed E-state index contributed by atoms with van der Waals surface area (Å²) in [5.41, 5.74) is 0.613. The van der Waals surface area contributed by atoms with Gasteiger partial charge in [-0.05, 0) is 92.3 Å². The number of hydrogen-bond acceptors (Lipinski definition) is 8. The smallest absolute Gasteiger partial charge is 0.463 e. The Kier molecular flexibility index (Phi) is 10.2. The van der Waals surface area contributed by atoms with Crippen LogP contribution in [0.3, 0.4) is 0 Å². The topological polar surface area (TPSA) is 124 Å². The van der Waals surface area contributed by atoms with E-state index in [9.17, 15) is 14.4 Å². The first-order valence-corrected chi connectivity index (χ1v) is 17.9. The van der Waals surface area contributed by atoms with Crippen LogP contribution < -0.4 is 5.32 Å². The molecule has 5 rings (SSSR count). The molecule has 258 valence electrons. The van der Waals surface area contributed by atoms with E-state index < -0.39 is 23.6 Å². The third-order valence-electron chi connectivity index (χ3n) is 13.2. The van der Waals surface area contributed by atoms with Gasteiger partial charge in [-0.3, -0.25) is 4.79 Å². The number of alkyl carbamates (subject to hydrolysis) is 1. The van der Waals surface area contributed by atoms with Crippen LogP contribution >= 0.6 is 0 Å². The molecule has 0 radical (unpaired) electrons. The lowest BCUT2D eigenvalue weighted by molar-refractivity contribution is -0.165. The molecule has 0 aromatic carbocycles. The van der Waals surface area contributed by atoms with Crippen LogP contribution in [0, 0.1) is 56.7 Å². The van der Waals surface area contributed by atoms with E-state index in [0.717, 1.165) is 38.0 Å². The molecule has 0 aromatic rings. The summed E-state index contributed by atoms with van der Waals surface area (Å²) in [6, 6.07) is 0. The molecule has 46 heavy (non-hydrogen) atoms. The van der Waals surface area contributed by atoms with Crippen molar-refractivity contribution in [3.63, 3.8) is 0 Å². The molecule has 2 N–H and O–H groups in total. The van der Waals surface area contributed by atoms with Gasteiger partial charge in [0.2, 0.25) is 0 Å². The van der Waals surface area contributed by atoms with Crippen LogP contribution in [-0.4, -0.2) is 56.9 Å². The Morgan fingerprint density at radius 3 is 2.48 bits per heavy atom. The zero-order valence-corrected chi connectivity index (χ0v) is 29.1. The molecule has 4 aliphatic carbocycles. The van der Waals surface area contributed by atoms with E-state index >= 15 is 0 Å². The number of carbonyl (C=O) groups excluding carboxylic acids is 3. The van der Waals surface area contributed by atoms with Crippen molar-refractivity contribution < 1.29 is 33.3 Å². The fourth-order valence-corrected chi connectivity index (χ4v) is 10.4. The van der Waals surface area contributed by atoms with Crippen molar-refractivity contribution in [3.05, 3.63) is 11.6 Å². The Balaban J connectivity index is 1.15. The molecule has 1 amide bonds. The zero-order valence-electron chi connectivity index (χ0n) is 29.1. The van der Waals surface area contributed by atoms with E-state index in [1.165, 1.54) is 44.1 Å². The normalized spacial score (nSPS) is 36.9. The minimum absolute atomic E-state index is 0.0142. The number of rotatable bonds is 11. The van der Waals surface area contributed by atoms with Gasteiger partial charge >= 0.3 is 18.2 Å². The number of ether oxygens (including phenoxy) is 4. The van der Waals surface area contributed by atoms with Gasteiger partial charge in [0.15, 0.2) is 0 Å². The molecule has 0 aromatic heterocycles. The van der Waals surface area contributed by atoms with Crippen LogP contribution in [0.25, 0.3) is 0 Å². The van der Waals surface area contributed by atoms with Crippen LogP contribution in [0.5, 0.6) is 0 Å². The second-order valence-electron chi connectivity index (χ2n) is 16.4. The van der Waals surface area contributed by atoms with Crippen molar-refractivity contribution >= 4 is 24.4 Å². The standard InChI is InChI=1S/C37H58N2O7/c1-24(2)8-7-9-25(3)28-14-17-37(21-38)30-11-10-26-20-27(12-15-35(26,5)29(30)13-16-36(28,37)6)46-32(41)39-18-19-43-31(40)34(4)22-44-33(42)45-23-34/h10,21,24-25,27-30,38H,7-9,11-20,22-23H2,1-6H3,(H,39,41). The average molecular weight is 643 g/mol. The highest BCUT2D eigenvalue weighted by Crippen LogP contribution is 2.72. The lowest BCUT2D eigenvalue weighted by Crippen LogP contribution is -2.57. The predicted molar refractivity (Wildman–Crippen MR) is 175 cm³/mol. The first-order chi connectivity index (χ1) is 21.8. The Labute approximate surface area is 275 Å². The summed E-state index contributed by atoms with van der Waals surface area (Å²) in [6.07, 6.45) is 15.2. The SMILES string of the molecule is CC(C)CCCC(C)C1CCC2(C=N)C3CC=C4CC(OC(=O)NCCOC(=O)C5(C)COC(=O)OC5)CCC4(C)C3CCC12C. The molecule has 0 bridgehead atoms. The molecule has 9 nitrogen and oxygen atoms in total. The number of nitrogens with one attached hydrogen (secondary N) is 2. The maximum absolute atomic E-state index is 12.7. The molecule has 8 unspecified atom stereocenters. The van der Waals surface area contributed by atoms with E-state index in [2.05, 4.69) is 46.0 Å². The molecule has 5 aliphatic rings. The van der Waals surface area contributed by atoms with Crippen LogP contribution in [-0.2, 0) is 23.7 Å². The van der Waals surface area contributed by atoms with Crippen LogP contribution in [0.15, 0.2) is 11.6 Å². The first kappa shape index (κ1) is 34.7. The fraction of sp³-hybridized carbons (Fsp3) is 0.838. The Hall–Kier alpha value is -2.58. The molecule has 1 saturated heterocycles. The largest absolute Gasteiger partial charge is 0.508 e. The van der Waals surface area contributed by atoms with Crippen LogP contribution in [0.2, 0.25) is 0 Å². The van der Waals surface area contributed by atoms with E-state index in [4.69, 9.17) is 24.4 Å². The lowest BCUT2D eigenvalue weighted by Gasteiger charge is -2.62. The van der Waals surface area contributed by atoms with Gasteiger partial charge < -0.3 is 29.7 Å². The fourth-order valence-electron chi connectivity index (χ4n) is 10.4. The third-order valence-corrected chi connectivity index (χ3v) is 13.2. The van der Waals surface area contributed by atoms with Crippen molar-refractivity contribution in [1.82, 2.24) is 5.32 Å². The van der Waals surface area contributed by atoms with E-state index in [-0.39, 0.29) is 48.7 Å². The molecule has 4 fully saturated rings. The molecule has 9 heteroatoms. The second kappa shape index (κ2) is 13.5. The molecule has 0 spiro atoms. The third kappa shape index (κ3) is 6.33. The molecule has 1 heterocycles. The van der Waals surface area contributed by atoms with Gasteiger partial charge in [0.1, 0.15) is 31.3 Å². The summed E-state index contributed by atoms with van der Waals surface area (Å²) in [5.74, 6) is 2.67. The van der Waals surface area contributed by atoms with Gasteiger partial charge in [-0.2, -0.15) is 0 Å². The first-order valence-electron chi connectivity index (χ1n) is 17.9. The van der Waals surface area contributed by atoms with E-state index in [1.807, 2.05) is 6.21 Å². The molecule has 3 saturated carbocycles.